The second kappa shape index (κ2) is 7.67. The highest BCUT2D eigenvalue weighted by Gasteiger charge is 2.16. The molecule has 0 unspecified atom stereocenters. The van der Waals surface area contributed by atoms with E-state index in [1.807, 2.05) is 0 Å². The van der Waals surface area contributed by atoms with Crippen LogP contribution in [-0.2, 0) is 16.1 Å². The van der Waals surface area contributed by atoms with Crippen LogP contribution in [-0.4, -0.2) is 39.9 Å². The maximum absolute atomic E-state index is 12.3. The maximum atomic E-state index is 12.3. The van der Waals surface area contributed by atoms with Crippen LogP contribution in [0.2, 0.25) is 5.02 Å². The van der Waals surface area contributed by atoms with Gasteiger partial charge >= 0.3 is 0 Å². The summed E-state index contributed by atoms with van der Waals surface area (Å²) in [6.45, 7) is -0.347. The molecule has 1 N–H and O–H groups in total. The van der Waals surface area contributed by atoms with Gasteiger partial charge in [-0.1, -0.05) is 23.7 Å². The number of rotatable bonds is 5. The van der Waals surface area contributed by atoms with Gasteiger partial charge in [-0.15, -0.1) is 11.3 Å². The second-order valence-corrected chi connectivity index (χ2v) is 6.90. The van der Waals surface area contributed by atoms with Gasteiger partial charge in [0.25, 0.3) is 5.56 Å². The molecule has 2 amide bonds. The molecule has 0 fully saturated rings. The Labute approximate surface area is 157 Å². The van der Waals surface area contributed by atoms with E-state index in [0.717, 1.165) is 0 Å². The van der Waals surface area contributed by atoms with E-state index < -0.39 is 0 Å². The van der Waals surface area contributed by atoms with Crippen molar-refractivity contribution in [3.63, 3.8) is 0 Å². The van der Waals surface area contributed by atoms with Crippen LogP contribution >= 0.6 is 22.9 Å². The molecule has 0 aliphatic carbocycles. The molecular weight excluding hydrogens is 376 g/mol. The summed E-state index contributed by atoms with van der Waals surface area (Å²) < 4.78 is 1.24. The first kappa shape index (κ1) is 18.1. The first-order valence-electron chi connectivity index (χ1n) is 7.66. The number of fused-ring (bicyclic) bond motifs is 1. The number of thiophene rings is 1. The van der Waals surface area contributed by atoms with Crippen LogP contribution in [0.1, 0.15) is 0 Å². The Kier molecular flexibility index (Phi) is 5.34. The van der Waals surface area contributed by atoms with E-state index in [2.05, 4.69) is 10.3 Å². The minimum Gasteiger partial charge on any atom is -0.335 e. The van der Waals surface area contributed by atoms with Crippen molar-refractivity contribution < 1.29 is 9.59 Å². The number of likely N-dealkylation sites (N-methyl/N-ethyl adjacent to an activating group) is 1. The van der Waals surface area contributed by atoms with Crippen LogP contribution in [0.4, 0.5) is 5.69 Å². The number of para-hydroxylation sites is 1. The molecule has 0 aliphatic heterocycles. The molecule has 0 atom stereocenters. The number of halogens is 1. The first-order chi connectivity index (χ1) is 12.5. The quantitative estimate of drug-likeness (QED) is 0.723. The molecule has 3 aromatic rings. The summed E-state index contributed by atoms with van der Waals surface area (Å²) in [7, 11) is 1.50. The molecule has 0 aliphatic rings. The summed E-state index contributed by atoms with van der Waals surface area (Å²) in [5.74, 6) is -0.759. The Bertz CT molecular complexity index is 1030. The third kappa shape index (κ3) is 3.92. The summed E-state index contributed by atoms with van der Waals surface area (Å²) in [4.78, 5) is 42.8. The molecule has 0 bridgehead atoms. The lowest BCUT2D eigenvalue weighted by molar-refractivity contribution is -0.133. The summed E-state index contributed by atoms with van der Waals surface area (Å²) in [5, 5.41) is 5.31. The van der Waals surface area contributed by atoms with Gasteiger partial charge in [0.2, 0.25) is 11.8 Å². The van der Waals surface area contributed by atoms with Crippen molar-refractivity contribution in [3.05, 3.63) is 57.4 Å². The third-order valence-corrected chi connectivity index (χ3v) is 4.86. The molecule has 2 heterocycles. The van der Waals surface area contributed by atoms with Gasteiger partial charge in [0.1, 0.15) is 11.4 Å². The Hall–Kier alpha value is -2.71. The normalized spacial score (nSPS) is 10.7. The molecule has 0 saturated heterocycles. The van der Waals surface area contributed by atoms with Crippen LogP contribution < -0.4 is 10.9 Å². The SMILES string of the molecule is CN(CC(=O)Nc1ccccc1Cl)C(=O)Cn1cnc2sccc2c1=O. The number of carbonyl (C=O) groups excluding carboxylic acids is 2. The van der Waals surface area contributed by atoms with Crippen LogP contribution in [0.5, 0.6) is 0 Å². The van der Waals surface area contributed by atoms with E-state index in [0.29, 0.717) is 20.9 Å². The maximum Gasteiger partial charge on any atom is 0.262 e. The molecular formula is C17H15ClN4O3S. The van der Waals surface area contributed by atoms with Crippen molar-refractivity contribution in [2.45, 2.75) is 6.54 Å². The predicted octanol–water partition coefficient (Wildman–Crippen LogP) is 2.21. The highest BCUT2D eigenvalue weighted by molar-refractivity contribution is 7.16. The number of hydrogen-bond donors (Lipinski definition) is 1. The number of anilines is 1. The fourth-order valence-electron chi connectivity index (χ4n) is 2.33. The van der Waals surface area contributed by atoms with E-state index in [1.54, 1.807) is 35.7 Å². The lowest BCUT2D eigenvalue weighted by Crippen LogP contribution is -2.38. The average Bonchev–Trinajstić information content (AvgIpc) is 3.08. The van der Waals surface area contributed by atoms with Crippen LogP contribution in [0.15, 0.2) is 46.8 Å². The standard InChI is InChI=1S/C17H15ClN4O3S/c1-21(8-14(23)20-13-5-3-2-4-12(13)18)15(24)9-22-10-19-16-11(17(22)25)6-7-26-16/h2-7,10H,8-9H2,1H3,(H,20,23). The molecule has 9 heteroatoms. The van der Waals surface area contributed by atoms with E-state index in [-0.39, 0.29) is 30.5 Å². The number of carbonyl (C=O) groups is 2. The fraction of sp³-hybridized carbons (Fsp3) is 0.176. The van der Waals surface area contributed by atoms with Crippen LogP contribution in [0.3, 0.4) is 0 Å². The van der Waals surface area contributed by atoms with Gasteiger partial charge in [-0.05, 0) is 23.6 Å². The molecule has 7 nitrogen and oxygen atoms in total. The van der Waals surface area contributed by atoms with Crippen molar-refractivity contribution in [2.24, 2.45) is 0 Å². The van der Waals surface area contributed by atoms with Gasteiger partial charge in [-0.2, -0.15) is 0 Å². The van der Waals surface area contributed by atoms with Gasteiger partial charge in [0.05, 0.1) is 29.0 Å². The molecule has 3 rings (SSSR count). The zero-order valence-electron chi connectivity index (χ0n) is 13.8. The van der Waals surface area contributed by atoms with E-state index in [1.165, 1.54) is 34.2 Å². The average molecular weight is 391 g/mol. The van der Waals surface area contributed by atoms with Gasteiger partial charge in [-0.3, -0.25) is 19.0 Å². The number of benzene rings is 1. The number of nitrogens with one attached hydrogen (secondary N) is 1. The summed E-state index contributed by atoms with van der Waals surface area (Å²) in [6.07, 6.45) is 1.34. The van der Waals surface area contributed by atoms with Crippen molar-refractivity contribution in [2.75, 3.05) is 18.9 Å². The number of amides is 2. The topological polar surface area (TPSA) is 84.3 Å². The first-order valence-corrected chi connectivity index (χ1v) is 8.92. The molecule has 1 aromatic carbocycles. The minimum atomic E-state index is -0.382. The second-order valence-electron chi connectivity index (χ2n) is 5.59. The predicted molar refractivity (Wildman–Crippen MR) is 102 cm³/mol. The number of aromatic nitrogens is 2. The van der Waals surface area contributed by atoms with Crippen molar-refractivity contribution in [3.8, 4) is 0 Å². The third-order valence-electron chi connectivity index (χ3n) is 3.71. The molecule has 0 spiro atoms. The van der Waals surface area contributed by atoms with Crippen molar-refractivity contribution >= 4 is 50.7 Å². The lowest BCUT2D eigenvalue weighted by Gasteiger charge is -2.17. The Morgan fingerprint density at radius 3 is 2.85 bits per heavy atom. The van der Waals surface area contributed by atoms with E-state index >= 15 is 0 Å². The van der Waals surface area contributed by atoms with Crippen LogP contribution in [0, 0.1) is 0 Å². The molecule has 0 radical (unpaired) electrons. The Morgan fingerprint density at radius 2 is 2.08 bits per heavy atom. The van der Waals surface area contributed by atoms with Gasteiger partial charge < -0.3 is 10.2 Å². The molecule has 134 valence electrons. The minimum absolute atomic E-state index is 0.160. The largest absolute Gasteiger partial charge is 0.335 e. The van der Waals surface area contributed by atoms with Crippen LogP contribution in [0.25, 0.3) is 10.2 Å². The highest BCUT2D eigenvalue weighted by Crippen LogP contribution is 2.20. The summed E-state index contributed by atoms with van der Waals surface area (Å²) in [6, 6.07) is 8.51. The molecule has 26 heavy (non-hydrogen) atoms. The zero-order valence-corrected chi connectivity index (χ0v) is 15.4. The molecule has 0 saturated carbocycles. The Balaban J connectivity index is 1.64. The van der Waals surface area contributed by atoms with Crippen molar-refractivity contribution in [1.29, 1.82) is 0 Å². The Morgan fingerprint density at radius 1 is 1.31 bits per heavy atom. The van der Waals surface area contributed by atoms with Crippen molar-refractivity contribution in [1.82, 2.24) is 14.5 Å². The van der Waals surface area contributed by atoms with Gasteiger partial charge in [-0.25, -0.2) is 4.98 Å². The summed E-state index contributed by atoms with van der Waals surface area (Å²) in [5.41, 5.74) is 0.196. The monoisotopic (exact) mass is 390 g/mol. The van der Waals surface area contributed by atoms with E-state index in [9.17, 15) is 14.4 Å². The number of nitrogens with zero attached hydrogens (tertiary/aromatic N) is 3. The van der Waals surface area contributed by atoms with Gasteiger partial charge in [0, 0.05) is 7.05 Å². The summed E-state index contributed by atoms with van der Waals surface area (Å²) >= 11 is 7.35. The van der Waals surface area contributed by atoms with Gasteiger partial charge in [0.15, 0.2) is 0 Å². The highest BCUT2D eigenvalue weighted by atomic mass is 35.5. The smallest absolute Gasteiger partial charge is 0.262 e. The van der Waals surface area contributed by atoms with E-state index in [4.69, 9.17) is 11.6 Å². The molecule has 2 aromatic heterocycles. The lowest BCUT2D eigenvalue weighted by atomic mass is 10.3. The fourth-order valence-corrected chi connectivity index (χ4v) is 3.23. The number of hydrogen-bond acceptors (Lipinski definition) is 5. The zero-order chi connectivity index (χ0) is 18.7.